The highest BCUT2D eigenvalue weighted by Crippen LogP contribution is 2.24. The average Bonchev–Trinajstić information content (AvgIpc) is 2.68. The molecule has 4 nitrogen and oxygen atoms in total. The molecule has 0 amide bonds. The molecule has 3 rings (SSSR count). The van der Waals surface area contributed by atoms with Crippen LogP contribution in [-0.4, -0.2) is 10.9 Å². The third kappa shape index (κ3) is 1.24. The number of carbonyl (C=O) groups is 1. The third-order valence-corrected chi connectivity index (χ3v) is 2.96. The van der Waals surface area contributed by atoms with E-state index in [-0.39, 0.29) is 0 Å². The lowest BCUT2D eigenvalue weighted by molar-refractivity contribution is 0.111. The second-order valence-electron chi connectivity index (χ2n) is 3.89. The van der Waals surface area contributed by atoms with E-state index in [2.05, 4.69) is 0 Å². The average molecular weight is 227 g/mol. The number of nitrogens with zero attached hydrogens (tertiary/aromatic N) is 1. The summed E-state index contributed by atoms with van der Waals surface area (Å²) in [6.07, 6.45) is 0.730. The molecule has 0 aliphatic rings. The van der Waals surface area contributed by atoms with E-state index in [0.29, 0.717) is 16.7 Å². The van der Waals surface area contributed by atoms with Crippen LogP contribution >= 0.6 is 0 Å². The lowest BCUT2D eigenvalue weighted by Gasteiger charge is -2.01. The van der Waals surface area contributed by atoms with Gasteiger partial charge < -0.3 is 8.98 Å². The fourth-order valence-electron chi connectivity index (χ4n) is 2.12. The molecule has 0 unspecified atom stereocenters. The van der Waals surface area contributed by atoms with Crippen molar-refractivity contribution in [3.63, 3.8) is 0 Å². The van der Waals surface area contributed by atoms with Crippen LogP contribution in [0.4, 0.5) is 0 Å². The summed E-state index contributed by atoms with van der Waals surface area (Å²) in [7, 11) is 1.76. The van der Waals surface area contributed by atoms with Gasteiger partial charge in [0, 0.05) is 12.4 Å². The van der Waals surface area contributed by atoms with Crippen LogP contribution < -0.4 is 5.63 Å². The maximum absolute atomic E-state index is 11.8. The van der Waals surface area contributed by atoms with Crippen molar-refractivity contribution in [1.82, 2.24) is 4.57 Å². The summed E-state index contributed by atoms with van der Waals surface area (Å²) < 4.78 is 6.91. The molecule has 0 spiro atoms. The number of benzene rings is 1. The molecule has 4 heteroatoms. The molecular formula is C13H9NO3. The number of hydrogen-bond donors (Lipinski definition) is 0. The molecule has 84 valence electrons. The summed E-state index contributed by atoms with van der Waals surface area (Å²) in [5.41, 5.74) is 1.31. The van der Waals surface area contributed by atoms with E-state index in [1.54, 1.807) is 29.8 Å². The standard InChI is InChI=1S/C13H9NO3/c1-14-8(7-15)6-10-12(14)9-4-2-3-5-11(9)17-13(10)16/h2-7H,1H3. The zero-order valence-corrected chi connectivity index (χ0v) is 9.14. The largest absolute Gasteiger partial charge is 0.422 e. The Kier molecular flexibility index (Phi) is 1.92. The minimum absolute atomic E-state index is 0.414. The van der Waals surface area contributed by atoms with Crippen molar-refractivity contribution in [2.24, 2.45) is 7.05 Å². The van der Waals surface area contributed by atoms with Gasteiger partial charge in [-0.2, -0.15) is 0 Å². The summed E-state index contributed by atoms with van der Waals surface area (Å²) in [6.45, 7) is 0. The van der Waals surface area contributed by atoms with Gasteiger partial charge in [-0.1, -0.05) is 12.1 Å². The highest BCUT2D eigenvalue weighted by molar-refractivity contribution is 6.04. The lowest BCUT2D eigenvalue weighted by atomic mass is 10.2. The van der Waals surface area contributed by atoms with Crippen molar-refractivity contribution in [1.29, 1.82) is 0 Å². The molecule has 0 N–H and O–H groups in total. The van der Waals surface area contributed by atoms with Gasteiger partial charge in [-0.25, -0.2) is 4.79 Å². The number of aryl methyl sites for hydroxylation is 1. The zero-order chi connectivity index (χ0) is 12.0. The maximum atomic E-state index is 11.8. The fourth-order valence-corrected chi connectivity index (χ4v) is 2.12. The van der Waals surface area contributed by atoms with Gasteiger partial charge in [-0.3, -0.25) is 4.79 Å². The molecule has 0 fully saturated rings. The Morgan fingerprint density at radius 1 is 1.24 bits per heavy atom. The minimum Gasteiger partial charge on any atom is -0.422 e. The van der Waals surface area contributed by atoms with Crippen molar-refractivity contribution in [3.8, 4) is 0 Å². The van der Waals surface area contributed by atoms with E-state index in [1.807, 2.05) is 12.1 Å². The van der Waals surface area contributed by atoms with Gasteiger partial charge >= 0.3 is 5.63 Å². The molecular weight excluding hydrogens is 218 g/mol. The Labute approximate surface area is 96.1 Å². The molecule has 1 aromatic carbocycles. The molecule has 0 bridgehead atoms. The zero-order valence-electron chi connectivity index (χ0n) is 9.14. The van der Waals surface area contributed by atoms with E-state index in [1.165, 1.54) is 0 Å². The third-order valence-electron chi connectivity index (χ3n) is 2.96. The summed E-state index contributed by atoms with van der Waals surface area (Å²) in [5.74, 6) is 0. The number of aldehydes is 1. The Morgan fingerprint density at radius 2 is 2.00 bits per heavy atom. The second kappa shape index (κ2) is 3.31. The topological polar surface area (TPSA) is 52.2 Å². The molecule has 0 saturated carbocycles. The van der Waals surface area contributed by atoms with Gasteiger partial charge in [-0.15, -0.1) is 0 Å². The minimum atomic E-state index is -0.414. The normalized spacial score (nSPS) is 11.1. The number of para-hydroxylation sites is 1. The predicted molar refractivity (Wildman–Crippen MR) is 64.3 cm³/mol. The summed E-state index contributed by atoms with van der Waals surface area (Å²) in [5, 5.41) is 1.27. The first kappa shape index (κ1) is 9.84. The number of fused-ring (bicyclic) bond motifs is 3. The first-order valence-electron chi connectivity index (χ1n) is 5.19. The van der Waals surface area contributed by atoms with Gasteiger partial charge in [0.2, 0.25) is 0 Å². The predicted octanol–water partition coefficient (Wildman–Crippen LogP) is 2.10. The quantitative estimate of drug-likeness (QED) is 0.472. The van der Waals surface area contributed by atoms with Crippen molar-refractivity contribution < 1.29 is 9.21 Å². The number of hydrogen-bond acceptors (Lipinski definition) is 3. The van der Waals surface area contributed by atoms with E-state index < -0.39 is 5.63 Å². The SMILES string of the molecule is Cn1c(C=O)cc2c(=O)oc3ccccc3c21. The maximum Gasteiger partial charge on any atom is 0.345 e. The highest BCUT2D eigenvalue weighted by Gasteiger charge is 2.13. The van der Waals surface area contributed by atoms with E-state index in [0.717, 1.165) is 17.2 Å². The van der Waals surface area contributed by atoms with Gasteiger partial charge in [0.1, 0.15) is 5.58 Å². The second-order valence-corrected chi connectivity index (χ2v) is 3.89. The molecule has 0 radical (unpaired) electrons. The van der Waals surface area contributed by atoms with Crippen molar-refractivity contribution >= 4 is 28.2 Å². The van der Waals surface area contributed by atoms with Crippen LogP contribution in [0.1, 0.15) is 10.5 Å². The van der Waals surface area contributed by atoms with Crippen LogP contribution in [0.2, 0.25) is 0 Å². The van der Waals surface area contributed by atoms with Crippen molar-refractivity contribution in [2.45, 2.75) is 0 Å². The fraction of sp³-hybridized carbons (Fsp3) is 0.0769. The Bertz CT molecular complexity index is 795. The Hall–Kier alpha value is -2.36. The summed E-state index contributed by atoms with van der Waals surface area (Å²) in [4.78, 5) is 22.7. The van der Waals surface area contributed by atoms with Gasteiger partial charge in [0.05, 0.1) is 16.6 Å². The highest BCUT2D eigenvalue weighted by atomic mass is 16.4. The van der Waals surface area contributed by atoms with Crippen LogP contribution in [0.3, 0.4) is 0 Å². The first-order chi connectivity index (χ1) is 8.22. The number of carbonyl (C=O) groups excluding carboxylic acids is 1. The van der Waals surface area contributed by atoms with Crippen LogP contribution in [0.5, 0.6) is 0 Å². The van der Waals surface area contributed by atoms with E-state index >= 15 is 0 Å². The molecule has 3 aromatic rings. The van der Waals surface area contributed by atoms with E-state index in [9.17, 15) is 9.59 Å². The van der Waals surface area contributed by atoms with E-state index in [4.69, 9.17) is 4.42 Å². The first-order valence-corrected chi connectivity index (χ1v) is 5.19. The molecule has 0 aliphatic heterocycles. The smallest absolute Gasteiger partial charge is 0.345 e. The van der Waals surface area contributed by atoms with Crippen LogP contribution in [-0.2, 0) is 7.05 Å². The van der Waals surface area contributed by atoms with Gasteiger partial charge in [0.15, 0.2) is 6.29 Å². The Morgan fingerprint density at radius 3 is 2.76 bits per heavy atom. The van der Waals surface area contributed by atoms with Crippen molar-refractivity contribution in [2.75, 3.05) is 0 Å². The molecule has 0 saturated heterocycles. The van der Waals surface area contributed by atoms with Crippen LogP contribution in [0.15, 0.2) is 39.5 Å². The molecule has 2 heterocycles. The molecule has 0 atom stereocenters. The number of aromatic nitrogens is 1. The van der Waals surface area contributed by atoms with Crippen LogP contribution in [0.25, 0.3) is 21.9 Å². The van der Waals surface area contributed by atoms with Gasteiger partial charge in [-0.05, 0) is 18.2 Å². The summed E-state index contributed by atoms with van der Waals surface area (Å²) >= 11 is 0. The summed E-state index contributed by atoms with van der Waals surface area (Å²) in [6, 6.07) is 8.84. The molecule has 2 aromatic heterocycles. The van der Waals surface area contributed by atoms with Crippen molar-refractivity contribution in [3.05, 3.63) is 46.4 Å². The molecule has 0 aliphatic carbocycles. The molecule has 17 heavy (non-hydrogen) atoms. The lowest BCUT2D eigenvalue weighted by Crippen LogP contribution is -2.00. The number of rotatable bonds is 1. The Balaban J connectivity index is 2.68. The van der Waals surface area contributed by atoms with Gasteiger partial charge in [0.25, 0.3) is 0 Å². The van der Waals surface area contributed by atoms with Crippen LogP contribution in [0, 0.1) is 0 Å². The monoisotopic (exact) mass is 227 g/mol.